The summed E-state index contributed by atoms with van der Waals surface area (Å²) in [6.07, 6.45) is 3.48. The molecule has 0 atom stereocenters. The number of aryl methyl sites for hydroxylation is 1. The third-order valence-corrected chi connectivity index (χ3v) is 2.49. The molecule has 0 aromatic carbocycles. The van der Waals surface area contributed by atoms with E-state index in [-0.39, 0.29) is 5.91 Å². The number of ether oxygens (including phenoxy) is 1. The fourth-order valence-electron chi connectivity index (χ4n) is 1.60. The van der Waals surface area contributed by atoms with Gasteiger partial charge in [0.1, 0.15) is 11.4 Å². The van der Waals surface area contributed by atoms with Crippen LogP contribution >= 0.6 is 0 Å². The van der Waals surface area contributed by atoms with Crippen molar-refractivity contribution < 1.29 is 9.53 Å². The zero-order valence-electron chi connectivity index (χ0n) is 9.44. The van der Waals surface area contributed by atoms with E-state index in [1.165, 1.54) is 7.11 Å². The Bertz CT molecular complexity index is 545. The second kappa shape index (κ2) is 3.84. The van der Waals surface area contributed by atoms with E-state index in [4.69, 9.17) is 4.74 Å². The molecule has 0 fully saturated rings. The molecule has 0 aliphatic carbocycles. The Kier molecular flexibility index (Phi) is 2.52. The highest BCUT2D eigenvalue weighted by molar-refractivity contribution is 5.96. The topological polar surface area (TPSA) is 55.6 Å². The number of carbonyl (C=O) groups is 1. The molecule has 2 heterocycles. The zero-order valence-corrected chi connectivity index (χ0v) is 9.44. The highest BCUT2D eigenvalue weighted by Crippen LogP contribution is 2.21. The van der Waals surface area contributed by atoms with Gasteiger partial charge in [-0.1, -0.05) is 0 Å². The van der Waals surface area contributed by atoms with Gasteiger partial charge in [0, 0.05) is 31.2 Å². The first-order valence-corrected chi connectivity index (χ1v) is 4.91. The number of rotatable bonds is 2. The highest BCUT2D eigenvalue weighted by Gasteiger charge is 2.13. The van der Waals surface area contributed by atoms with Crippen LogP contribution in [-0.2, 0) is 0 Å². The van der Waals surface area contributed by atoms with Gasteiger partial charge in [-0.05, 0) is 6.92 Å². The Balaban J connectivity index is 2.69. The monoisotopic (exact) mass is 219 g/mol. The van der Waals surface area contributed by atoms with Crippen molar-refractivity contribution in [3.05, 3.63) is 29.7 Å². The number of nitrogens with one attached hydrogen (secondary N) is 1. The SMILES string of the molecule is CNC(=O)c1cn2c(C)cnc2cc1OC. The van der Waals surface area contributed by atoms with E-state index in [1.807, 2.05) is 11.3 Å². The van der Waals surface area contributed by atoms with E-state index in [1.54, 1.807) is 25.5 Å². The molecule has 0 saturated heterocycles. The van der Waals surface area contributed by atoms with Crippen LogP contribution in [-0.4, -0.2) is 29.4 Å². The molecule has 0 radical (unpaired) electrons. The fourth-order valence-corrected chi connectivity index (χ4v) is 1.60. The normalized spacial score (nSPS) is 10.4. The first kappa shape index (κ1) is 10.5. The fraction of sp³-hybridized carbons (Fsp3) is 0.273. The summed E-state index contributed by atoms with van der Waals surface area (Å²) in [5.74, 6) is 0.351. The number of imidazole rings is 1. The van der Waals surface area contributed by atoms with Gasteiger partial charge in [0.15, 0.2) is 0 Å². The molecule has 84 valence electrons. The molecule has 0 saturated carbocycles. The van der Waals surface area contributed by atoms with Gasteiger partial charge in [0.2, 0.25) is 0 Å². The van der Waals surface area contributed by atoms with Gasteiger partial charge in [0.25, 0.3) is 5.91 Å². The third-order valence-electron chi connectivity index (χ3n) is 2.49. The van der Waals surface area contributed by atoms with Crippen molar-refractivity contribution in [2.24, 2.45) is 0 Å². The summed E-state index contributed by atoms with van der Waals surface area (Å²) < 4.78 is 7.03. The minimum absolute atomic E-state index is 0.174. The van der Waals surface area contributed by atoms with E-state index < -0.39 is 0 Å². The number of nitrogens with zero attached hydrogens (tertiary/aromatic N) is 2. The molecule has 0 unspecified atom stereocenters. The summed E-state index contributed by atoms with van der Waals surface area (Å²) in [5, 5.41) is 2.58. The van der Waals surface area contributed by atoms with E-state index in [9.17, 15) is 4.79 Å². The van der Waals surface area contributed by atoms with E-state index in [2.05, 4.69) is 10.3 Å². The highest BCUT2D eigenvalue weighted by atomic mass is 16.5. The minimum atomic E-state index is -0.174. The number of fused-ring (bicyclic) bond motifs is 1. The van der Waals surface area contributed by atoms with Crippen LogP contribution in [0.2, 0.25) is 0 Å². The number of amides is 1. The van der Waals surface area contributed by atoms with Crippen LogP contribution < -0.4 is 10.1 Å². The van der Waals surface area contributed by atoms with E-state index in [0.29, 0.717) is 11.3 Å². The van der Waals surface area contributed by atoms with Crippen LogP contribution in [0.1, 0.15) is 16.1 Å². The quantitative estimate of drug-likeness (QED) is 0.820. The average molecular weight is 219 g/mol. The van der Waals surface area contributed by atoms with Crippen LogP contribution in [0.15, 0.2) is 18.5 Å². The molecule has 5 heteroatoms. The van der Waals surface area contributed by atoms with Crippen LogP contribution in [0.3, 0.4) is 0 Å². The number of aromatic nitrogens is 2. The summed E-state index contributed by atoms with van der Waals surface area (Å²) >= 11 is 0. The first-order valence-electron chi connectivity index (χ1n) is 4.91. The van der Waals surface area contributed by atoms with Crippen molar-refractivity contribution in [1.82, 2.24) is 14.7 Å². The predicted molar refractivity (Wildman–Crippen MR) is 59.9 cm³/mol. The summed E-state index contributed by atoms with van der Waals surface area (Å²) in [6.45, 7) is 1.93. The Morgan fingerprint density at radius 2 is 2.31 bits per heavy atom. The smallest absolute Gasteiger partial charge is 0.256 e. The maximum atomic E-state index is 11.6. The van der Waals surface area contributed by atoms with Crippen molar-refractivity contribution in [2.45, 2.75) is 6.92 Å². The molecule has 2 aromatic heterocycles. The van der Waals surface area contributed by atoms with E-state index >= 15 is 0 Å². The second-order valence-corrected chi connectivity index (χ2v) is 3.46. The van der Waals surface area contributed by atoms with Gasteiger partial charge < -0.3 is 14.5 Å². The lowest BCUT2D eigenvalue weighted by Gasteiger charge is -2.08. The Morgan fingerprint density at radius 1 is 1.56 bits per heavy atom. The maximum absolute atomic E-state index is 11.6. The largest absolute Gasteiger partial charge is 0.496 e. The molecule has 2 rings (SSSR count). The number of carbonyl (C=O) groups excluding carboxylic acids is 1. The number of hydrogen-bond donors (Lipinski definition) is 1. The molecule has 0 spiro atoms. The predicted octanol–water partition coefficient (Wildman–Crippen LogP) is 1.01. The van der Waals surface area contributed by atoms with Gasteiger partial charge in [-0.25, -0.2) is 4.98 Å². The molecular formula is C11H13N3O2. The minimum Gasteiger partial charge on any atom is -0.496 e. The average Bonchev–Trinajstić information content (AvgIpc) is 2.68. The Morgan fingerprint density at radius 3 is 2.94 bits per heavy atom. The van der Waals surface area contributed by atoms with Crippen molar-refractivity contribution in [1.29, 1.82) is 0 Å². The Hall–Kier alpha value is -2.04. The second-order valence-electron chi connectivity index (χ2n) is 3.46. The van der Waals surface area contributed by atoms with Gasteiger partial charge in [-0.3, -0.25) is 4.79 Å². The van der Waals surface area contributed by atoms with Crippen LogP contribution in [0, 0.1) is 6.92 Å². The molecule has 0 aliphatic rings. The summed E-state index contributed by atoms with van der Waals surface area (Å²) in [5.41, 5.74) is 2.24. The first-order chi connectivity index (χ1) is 7.67. The van der Waals surface area contributed by atoms with Gasteiger partial charge in [-0.2, -0.15) is 0 Å². The van der Waals surface area contributed by atoms with Crippen molar-refractivity contribution >= 4 is 11.6 Å². The molecule has 1 N–H and O–H groups in total. The van der Waals surface area contributed by atoms with Crippen LogP contribution in [0.5, 0.6) is 5.75 Å². The van der Waals surface area contributed by atoms with Crippen LogP contribution in [0.25, 0.3) is 5.65 Å². The van der Waals surface area contributed by atoms with Crippen molar-refractivity contribution in [3.8, 4) is 5.75 Å². The van der Waals surface area contributed by atoms with E-state index in [0.717, 1.165) is 11.3 Å². The van der Waals surface area contributed by atoms with Gasteiger partial charge in [0.05, 0.1) is 12.7 Å². The standard InChI is InChI=1S/C11H13N3O2/c1-7-5-13-10-4-9(16-3)8(6-14(7)10)11(15)12-2/h4-6H,1-3H3,(H,12,15). The molecule has 16 heavy (non-hydrogen) atoms. The van der Waals surface area contributed by atoms with Crippen molar-refractivity contribution in [3.63, 3.8) is 0 Å². The lowest BCUT2D eigenvalue weighted by atomic mass is 10.2. The lowest BCUT2D eigenvalue weighted by molar-refractivity contribution is 0.0959. The molecule has 2 aromatic rings. The van der Waals surface area contributed by atoms with Crippen LogP contribution in [0.4, 0.5) is 0 Å². The summed E-state index contributed by atoms with van der Waals surface area (Å²) in [4.78, 5) is 15.8. The Labute approximate surface area is 93.1 Å². The van der Waals surface area contributed by atoms with Gasteiger partial charge >= 0.3 is 0 Å². The van der Waals surface area contributed by atoms with Crippen molar-refractivity contribution in [2.75, 3.05) is 14.2 Å². The maximum Gasteiger partial charge on any atom is 0.256 e. The molecule has 0 aliphatic heterocycles. The molecule has 1 amide bonds. The zero-order chi connectivity index (χ0) is 11.7. The summed E-state index contributed by atoms with van der Waals surface area (Å²) in [6, 6.07) is 1.75. The number of methoxy groups -OCH3 is 1. The molecule has 0 bridgehead atoms. The third kappa shape index (κ3) is 1.50. The van der Waals surface area contributed by atoms with Gasteiger partial charge in [-0.15, -0.1) is 0 Å². The molecule has 5 nitrogen and oxygen atoms in total. The summed E-state index contributed by atoms with van der Waals surface area (Å²) in [7, 11) is 3.13. The molecular weight excluding hydrogens is 206 g/mol. The number of hydrogen-bond acceptors (Lipinski definition) is 3. The lowest BCUT2D eigenvalue weighted by Crippen LogP contribution is -2.19. The number of pyridine rings is 1.